The normalized spacial score (nSPS) is 29.6. The second kappa shape index (κ2) is 8.76. The zero-order valence-corrected chi connectivity index (χ0v) is 17.4. The van der Waals surface area contributed by atoms with Crippen LogP contribution in [0.3, 0.4) is 0 Å². The van der Waals surface area contributed by atoms with Crippen LogP contribution in [-0.4, -0.2) is 24.0 Å². The summed E-state index contributed by atoms with van der Waals surface area (Å²) in [6.07, 6.45) is 5.68. The van der Waals surface area contributed by atoms with Gasteiger partial charge in [0.15, 0.2) is 0 Å². The van der Waals surface area contributed by atoms with Gasteiger partial charge in [0.25, 0.3) is 0 Å². The Morgan fingerprint density at radius 1 is 0.966 bits per heavy atom. The first-order valence-corrected chi connectivity index (χ1v) is 10.6. The van der Waals surface area contributed by atoms with Crippen molar-refractivity contribution in [2.24, 2.45) is 5.92 Å². The number of nitrogens with one attached hydrogen (secondary N) is 2. The molecule has 4 atom stereocenters. The van der Waals surface area contributed by atoms with E-state index in [2.05, 4.69) is 34.9 Å². The van der Waals surface area contributed by atoms with Crippen LogP contribution in [-0.2, 0) is 11.4 Å². The lowest BCUT2D eigenvalue weighted by Gasteiger charge is -2.29. The highest BCUT2D eigenvalue weighted by Gasteiger charge is 2.45. The molecule has 2 aromatic rings. The third-order valence-electron chi connectivity index (χ3n) is 6.50. The number of halogens is 1. The summed E-state index contributed by atoms with van der Waals surface area (Å²) in [5, 5.41) is 6.96. The zero-order chi connectivity index (χ0) is 18.9. The van der Waals surface area contributed by atoms with Gasteiger partial charge in [-0.1, -0.05) is 42.5 Å². The van der Waals surface area contributed by atoms with Gasteiger partial charge in [0, 0.05) is 24.0 Å². The molecule has 29 heavy (non-hydrogen) atoms. The summed E-state index contributed by atoms with van der Waals surface area (Å²) in [5.74, 6) is 1.63. The molecule has 5 rings (SSSR count). The Kier molecular flexibility index (Phi) is 6.12. The molecule has 4 nitrogen and oxygen atoms in total. The van der Waals surface area contributed by atoms with Gasteiger partial charge in [-0.05, 0) is 61.3 Å². The van der Waals surface area contributed by atoms with E-state index in [1.807, 2.05) is 30.3 Å². The van der Waals surface area contributed by atoms with Gasteiger partial charge < -0.3 is 15.4 Å². The van der Waals surface area contributed by atoms with Crippen LogP contribution in [0.5, 0.6) is 5.75 Å². The summed E-state index contributed by atoms with van der Waals surface area (Å²) in [6.45, 7) is 0.576. The van der Waals surface area contributed by atoms with E-state index in [0.29, 0.717) is 30.7 Å². The van der Waals surface area contributed by atoms with Gasteiger partial charge in [0.2, 0.25) is 5.91 Å². The molecule has 2 saturated heterocycles. The maximum absolute atomic E-state index is 12.7. The summed E-state index contributed by atoms with van der Waals surface area (Å²) < 4.78 is 5.86. The molecule has 3 fully saturated rings. The van der Waals surface area contributed by atoms with Crippen LogP contribution >= 0.6 is 12.4 Å². The highest BCUT2D eigenvalue weighted by atomic mass is 35.5. The number of rotatable bonds is 6. The molecule has 2 heterocycles. The van der Waals surface area contributed by atoms with Crippen molar-refractivity contribution in [2.45, 2.75) is 62.8 Å². The predicted molar refractivity (Wildman–Crippen MR) is 116 cm³/mol. The fourth-order valence-corrected chi connectivity index (χ4v) is 4.89. The molecule has 0 radical (unpaired) electrons. The number of amides is 1. The van der Waals surface area contributed by atoms with Gasteiger partial charge in [0.05, 0.1) is 0 Å². The zero-order valence-electron chi connectivity index (χ0n) is 16.6. The van der Waals surface area contributed by atoms with E-state index in [1.165, 1.54) is 18.4 Å². The van der Waals surface area contributed by atoms with Crippen LogP contribution in [0, 0.1) is 5.92 Å². The molecule has 0 aromatic heterocycles. The number of hydrogen-bond donors (Lipinski definition) is 2. The van der Waals surface area contributed by atoms with Gasteiger partial charge in [-0.25, -0.2) is 0 Å². The van der Waals surface area contributed by atoms with Crippen molar-refractivity contribution in [3.8, 4) is 5.75 Å². The van der Waals surface area contributed by atoms with E-state index < -0.39 is 0 Å². The molecule has 2 aromatic carbocycles. The average Bonchev–Trinajstić information content (AvgIpc) is 3.46. The van der Waals surface area contributed by atoms with Crippen LogP contribution in [0.25, 0.3) is 0 Å². The van der Waals surface area contributed by atoms with Crippen LogP contribution < -0.4 is 15.4 Å². The van der Waals surface area contributed by atoms with E-state index in [0.717, 1.165) is 30.6 Å². The maximum Gasteiger partial charge on any atom is 0.223 e. The van der Waals surface area contributed by atoms with Crippen molar-refractivity contribution in [3.63, 3.8) is 0 Å². The Labute approximate surface area is 178 Å². The molecule has 1 saturated carbocycles. The molecule has 154 valence electrons. The second-order valence-electron chi connectivity index (χ2n) is 8.61. The Morgan fingerprint density at radius 2 is 1.66 bits per heavy atom. The van der Waals surface area contributed by atoms with E-state index >= 15 is 0 Å². The SMILES string of the molecule is Cl.O=C(NC1CC2CCC(C1)N2)C1CC1c1ccc(OCc2ccccc2)cc1. The number of hydrogen-bond acceptors (Lipinski definition) is 3. The minimum absolute atomic E-state index is 0. The summed E-state index contributed by atoms with van der Waals surface area (Å²) in [7, 11) is 0. The Hall–Kier alpha value is -2.04. The third-order valence-corrected chi connectivity index (χ3v) is 6.50. The fourth-order valence-electron chi connectivity index (χ4n) is 4.89. The molecular formula is C24H29ClN2O2. The first-order chi connectivity index (χ1) is 13.7. The van der Waals surface area contributed by atoms with Gasteiger partial charge in [-0.15, -0.1) is 12.4 Å². The lowest BCUT2D eigenvalue weighted by molar-refractivity contribution is -0.123. The first-order valence-electron chi connectivity index (χ1n) is 10.6. The summed E-state index contributed by atoms with van der Waals surface area (Å²) >= 11 is 0. The van der Waals surface area contributed by atoms with Crippen molar-refractivity contribution in [1.29, 1.82) is 0 Å². The summed E-state index contributed by atoms with van der Waals surface area (Å²) in [4.78, 5) is 12.7. The number of ether oxygens (including phenoxy) is 1. The lowest BCUT2D eigenvalue weighted by Crippen LogP contribution is -2.48. The van der Waals surface area contributed by atoms with Crippen LogP contribution in [0.1, 0.15) is 49.1 Å². The topological polar surface area (TPSA) is 50.4 Å². The molecule has 5 heteroatoms. The van der Waals surface area contributed by atoms with Gasteiger partial charge >= 0.3 is 0 Å². The van der Waals surface area contributed by atoms with Crippen molar-refractivity contribution in [3.05, 3.63) is 65.7 Å². The Morgan fingerprint density at radius 3 is 2.34 bits per heavy atom. The molecule has 1 aliphatic carbocycles. The van der Waals surface area contributed by atoms with Crippen molar-refractivity contribution in [2.75, 3.05) is 0 Å². The van der Waals surface area contributed by atoms with Crippen molar-refractivity contribution < 1.29 is 9.53 Å². The molecule has 2 N–H and O–H groups in total. The molecule has 1 amide bonds. The minimum Gasteiger partial charge on any atom is -0.489 e. The molecule has 4 unspecified atom stereocenters. The Balaban J connectivity index is 0.00000205. The second-order valence-corrected chi connectivity index (χ2v) is 8.61. The highest BCUT2D eigenvalue weighted by molar-refractivity contribution is 5.85. The number of piperidine rings is 1. The van der Waals surface area contributed by atoms with E-state index in [9.17, 15) is 4.79 Å². The van der Waals surface area contributed by atoms with Crippen LogP contribution in [0.4, 0.5) is 0 Å². The number of carbonyl (C=O) groups is 1. The van der Waals surface area contributed by atoms with Gasteiger partial charge in [0.1, 0.15) is 12.4 Å². The molecule has 2 aliphatic heterocycles. The van der Waals surface area contributed by atoms with Gasteiger partial charge in [-0.2, -0.15) is 0 Å². The van der Waals surface area contributed by atoms with Crippen molar-refractivity contribution >= 4 is 18.3 Å². The van der Waals surface area contributed by atoms with Crippen LogP contribution in [0.2, 0.25) is 0 Å². The highest BCUT2D eigenvalue weighted by Crippen LogP contribution is 2.48. The van der Waals surface area contributed by atoms with E-state index in [1.54, 1.807) is 0 Å². The average molecular weight is 413 g/mol. The third kappa shape index (κ3) is 4.76. The Bertz CT molecular complexity index is 815. The largest absolute Gasteiger partial charge is 0.489 e. The standard InChI is InChI=1S/C24H28N2O2.ClH/c27-24(26-20-12-18-8-9-19(13-20)25-18)23-14-22(23)17-6-10-21(11-7-17)28-15-16-4-2-1-3-5-16;/h1-7,10-11,18-20,22-23,25H,8-9,12-15H2,(H,26,27);1H. The predicted octanol–water partition coefficient (Wildman–Crippen LogP) is 4.19. The van der Waals surface area contributed by atoms with Crippen molar-refractivity contribution in [1.82, 2.24) is 10.6 Å². The smallest absolute Gasteiger partial charge is 0.223 e. The molecular weight excluding hydrogens is 384 g/mol. The monoisotopic (exact) mass is 412 g/mol. The van der Waals surface area contributed by atoms with E-state index in [-0.39, 0.29) is 24.2 Å². The molecule has 3 aliphatic rings. The lowest BCUT2D eigenvalue weighted by atomic mass is 9.99. The number of benzene rings is 2. The first kappa shape index (κ1) is 20.2. The number of fused-ring (bicyclic) bond motifs is 2. The quantitative estimate of drug-likeness (QED) is 0.747. The van der Waals surface area contributed by atoms with E-state index in [4.69, 9.17) is 4.74 Å². The van der Waals surface area contributed by atoms with Gasteiger partial charge in [-0.3, -0.25) is 4.79 Å². The summed E-state index contributed by atoms with van der Waals surface area (Å²) in [6, 6.07) is 20.1. The molecule has 0 spiro atoms. The maximum atomic E-state index is 12.7. The fraction of sp³-hybridized carbons (Fsp3) is 0.458. The minimum atomic E-state index is 0. The molecule has 2 bridgehead atoms. The van der Waals surface area contributed by atoms with Crippen LogP contribution in [0.15, 0.2) is 54.6 Å². The summed E-state index contributed by atoms with van der Waals surface area (Å²) in [5.41, 5.74) is 2.41. The number of carbonyl (C=O) groups excluding carboxylic acids is 1.